The third-order valence-electron chi connectivity index (χ3n) is 1.10. The number of ether oxygens (including phenoxy) is 1. The van der Waals surface area contributed by atoms with Crippen LogP contribution in [-0.4, -0.2) is 13.2 Å². The van der Waals surface area contributed by atoms with E-state index in [1.54, 1.807) is 7.11 Å². The van der Waals surface area contributed by atoms with Gasteiger partial charge in [-0.3, -0.25) is 0 Å². The average molecular weight is 151 g/mol. The summed E-state index contributed by atoms with van der Waals surface area (Å²) in [6, 6.07) is 0. The third-order valence-corrected chi connectivity index (χ3v) is 2.07. The van der Waals surface area contributed by atoms with Gasteiger partial charge in [-0.05, 0) is 0 Å². The van der Waals surface area contributed by atoms with Crippen LogP contribution in [0, 0.1) is 0 Å². The van der Waals surface area contributed by atoms with E-state index in [9.17, 15) is 3.32 Å². The molecule has 0 spiro atoms. The summed E-state index contributed by atoms with van der Waals surface area (Å²) in [7, 11) is 1.66. The van der Waals surface area contributed by atoms with Gasteiger partial charge in [0, 0.05) is 0 Å². The Morgan fingerprint density at radius 1 is 1.75 bits per heavy atom. The van der Waals surface area contributed by atoms with E-state index in [2.05, 4.69) is 0 Å². The minimum absolute atomic E-state index is 0.243. The van der Waals surface area contributed by atoms with Gasteiger partial charge in [0.25, 0.3) is 0 Å². The van der Waals surface area contributed by atoms with Crippen LogP contribution in [0.5, 0.6) is 0 Å². The Hall–Kier alpha value is 0.474. The average Bonchev–Trinajstić information content (AvgIpc) is 1.83. The Labute approximate surface area is 58.9 Å². The molecule has 1 unspecified atom stereocenters. The maximum atomic E-state index is 10.1. The molecule has 0 heterocycles. The molecule has 0 aliphatic heterocycles. The number of hydrogen-bond acceptors (Lipinski definition) is 2. The Morgan fingerprint density at radius 2 is 2.38 bits per heavy atom. The van der Waals surface area contributed by atoms with Crippen molar-refractivity contribution in [2.24, 2.45) is 0 Å². The summed E-state index contributed by atoms with van der Waals surface area (Å²) in [6.07, 6.45) is 1.22. The summed E-state index contributed by atoms with van der Waals surface area (Å²) < 4.78 is 15.8. The molecule has 0 aromatic rings. The number of methoxy groups -OCH3 is 1. The van der Waals surface area contributed by atoms with Gasteiger partial charge in [0.1, 0.15) is 0 Å². The van der Waals surface area contributed by atoms with E-state index in [1.807, 2.05) is 6.92 Å². The fourth-order valence-electron chi connectivity index (χ4n) is 0.487. The van der Waals surface area contributed by atoms with Crippen LogP contribution in [0.1, 0.15) is 13.3 Å². The fourth-order valence-corrected chi connectivity index (χ4v) is 1.49. The zero-order chi connectivity index (χ0) is 6.41. The molecule has 1 atom stereocenters. The van der Waals surface area contributed by atoms with Crippen LogP contribution in [0.4, 0.5) is 0 Å². The third kappa shape index (κ3) is 3.47. The molecule has 0 saturated carbocycles. The predicted octanol–water partition coefficient (Wildman–Crippen LogP) is 1.26. The van der Waals surface area contributed by atoms with Gasteiger partial charge in [-0.2, -0.15) is 0 Å². The van der Waals surface area contributed by atoms with Crippen molar-refractivity contribution in [2.75, 3.05) is 7.11 Å². The molecule has 0 aliphatic rings. The normalized spacial score (nSPS) is 12.8. The summed E-state index contributed by atoms with van der Waals surface area (Å²) in [4.78, 5) is 0. The van der Waals surface area contributed by atoms with E-state index in [0.717, 1.165) is 11.1 Å². The van der Waals surface area contributed by atoms with E-state index >= 15 is 0 Å². The Morgan fingerprint density at radius 3 is 2.50 bits per heavy atom. The van der Waals surface area contributed by atoms with Crippen LogP contribution >= 0.6 is 0 Å². The molecule has 3 heteroatoms. The number of hydrogen-bond donors (Lipinski definition) is 0. The monoisotopic (exact) mass is 151 g/mol. The standard InChI is InChI=1S/C5H11O.O.Ti/c1-4-5(2)6-3;;/h5H,2,4H2,1,3H3;;. The topological polar surface area (TPSA) is 26.3 Å². The van der Waals surface area contributed by atoms with Gasteiger partial charge < -0.3 is 0 Å². The second kappa shape index (κ2) is 5.61. The molecule has 8 heavy (non-hydrogen) atoms. The van der Waals surface area contributed by atoms with Crippen molar-refractivity contribution in [1.29, 1.82) is 0 Å². The van der Waals surface area contributed by atoms with Crippen molar-refractivity contribution < 1.29 is 27.2 Å². The zero-order valence-corrected chi connectivity index (χ0v) is 6.87. The quantitative estimate of drug-likeness (QED) is 0.565. The Kier molecular flexibility index (Phi) is 5.94. The van der Waals surface area contributed by atoms with Gasteiger partial charge in [0.2, 0.25) is 0 Å². The van der Waals surface area contributed by atoms with Crippen molar-refractivity contribution in [2.45, 2.75) is 24.2 Å². The van der Waals surface area contributed by atoms with Crippen LogP contribution in [-0.2, 0) is 27.2 Å². The first-order valence-electron chi connectivity index (χ1n) is 2.73. The Balaban J connectivity index is 3.20. The van der Waals surface area contributed by atoms with Crippen LogP contribution in [0.2, 0.25) is 4.73 Å². The molecule has 0 N–H and O–H groups in total. The molecule has 0 fully saturated rings. The Bertz CT molecular complexity index is 61.4. The molecule has 0 radical (unpaired) electrons. The van der Waals surface area contributed by atoms with E-state index in [-0.39, 0.29) is 6.10 Å². The molecule has 0 bridgehead atoms. The van der Waals surface area contributed by atoms with E-state index in [1.165, 1.54) is 0 Å². The van der Waals surface area contributed by atoms with Crippen molar-refractivity contribution in [3.63, 3.8) is 0 Å². The van der Waals surface area contributed by atoms with E-state index in [4.69, 9.17) is 4.74 Å². The van der Waals surface area contributed by atoms with Gasteiger partial charge in [0.15, 0.2) is 0 Å². The molecule has 0 aromatic carbocycles. The van der Waals surface area contributed by atoms with Crippen molar-refractivity contribution >= 4 is 0 Å². The van der Waals surface area contributed by atoms with E-state index in [0.29, 0.717) is 0 Å². The summed E-state index contributed by atoms with van der Waals surface area (Å²) >= 11 is -0.930. The van der Waals surface area contributed by atoms with Gasteiger partial charge >= 0.3 is 58.5 Å². The van der Waals surface area contributed by atoms with Crippen LogP contribution in [0.3, 0.4) is 0 Å². The van der Waals surface area contributed by atoms with Gasteiger partial charge in [-0.25, -0.2) is 0 Å². The van der Waals surface area contributed by atoms with Crippen molar-refractivity contribution in [3.8, 4) is 0 Å². The molecule has 0 rings (SSSR count). The van der Waals surface area contributed by atoms with Crippen LogP contribution in [0.15, 0.2) is 0 Å². The zero-order valence-electron chi connectivity index (χ0n) is 5.31. The first kappa shape index (κ1) is 8.47. The molecule has 47 valence electrons. The SMILES string of the molecule is CCC([CH2][Ti]=[O])OC. The molecule has 0 aliphatic carbocycles. The van der Waals surface area contributed by atoms with Crippen LogP contribution in [0.25, 0.3) is 0 Å². The van der Waals surface area contributed by atoms with Crippen molar-refractivity contribution in [3.05, 3.63) is 0 Å². The molecule has 0 saturated heterocycles. The van der Waals surface area contributed by atoms with E-state index < -0.39 is 19.1 Å². The second-order valence-corrected chi connectivity index (χ2v) is 2.70. The summed E-state index contributed by atoms with van der Waals surface area (Å²) in [5, 5.41) is 0. The predicted molar refractivity (Wildman–Crippen MR) is 26.6 cm³/mol. The first-order valence-corrected chi connectivity index (χ1v) is 4.47. The van der Waals surface area contributed by atoms with Crippen molar-refractivity contribution in [1.82, 2.24) is 0 Å². The summed E-state index contributed by atoms with van der Waals surface area (Å²) in [5.41, 5.74) is 0. The van der Waals surface area contributed by atoms with Gasteiger partial charge in [-0.1, -0.05) is 0 Å². The number of rotatable bonds is 4. The van der Waals surface area contributed by atoms with Crippen LogP contribution < -0.4 is 0 Å². The summed E-state index contributed by atoms with van der Waals surface area (Å²) in [6.45, 7) is 2.04. The molecule has 0 aromatic heterocycles. The summed E-state index contributed by atoms with van der Waals surface area (Å²) in [5.74, 6) is 0. The molecule has 2 nitrogen and oxygen atoms in total. The second-order valence-electron chi connectivity index (χ2n) is 1.61. The minimum atomic E-state index is -0.930. The first-order chi connectivity index (χ1) is 3.85. The van der Waals surface area contributed by atoms with Gasteiger partial charge in [0.05, 0.1) is 0 Å². The maximum absolute atomic E-state index is 10.1. The van der Waals surface area contributed by atoms with Gasteiger partial charge in [-0.15, -0.1) is 0 Å². The molecular formula is C5H11O2Ti. The molecular weight excluding hydrogens is 140 g/mol. The molecule has 0 amide bonds. The fraction of sp³-hybridized carbons (Fsp3) is 1.00.